The number of likely N-dealkylation sites (tertiary alicyclic amines) is 1. The van der Waals surface area contributed by atoms with Gasteiger partial charge in [0.05, 0.1) is 11.6 Å². The highest BCUT2D eigenvalue weighted by Crippen LogP contribution is 2.39. The molecule has 1 amide bonds. The van der Waals surface area contributed by atoms with Gasteiger partial charge in [-0.1, -0.05) is 18.2 Å². The summed E-state index contributed by atoms with van der Waals surface area (Å²) in [4.78, 5) is 13.9. The second-order valence-corrected chi connectivity index (χ2v) is 10.6. The number of hydrogen-bond donors (Lipinski definition) is 1. The molecule has 0 radical (unpaired) electrons. The second kappa shape index (κ2) is 10.7. The Balaban J connectivity index is 1.61. The summed E-state index contributed by atoms with van der Waals surface area (Å²) in [6.07, 6.45) is -2.97. The van der Waals surface area contributed by atoms with E-state index >= 15 is 0 Å². The number of aromatic nitrogens is 1. The maximum atomic E-state index is 14.5. The van der Waals surface area contributed by atoms with Crippen molar-refractivity contribution in [3.63, 3.8) is 0 Å². The van der Waals surface area contributed by atoms with E-state index in [9.17, 15) is 27.6 Å². The van der Waals surface area contributed by atoms with Crippen molar-refractivity contribution in [1.82, 2.24) is 14.8 Å². The van der Waals surface area contributed by atoms with Crippen molar-refractivity contribution in [3.8, 4) is 6.07 Å². The number of ether oxygens (including phenoxy) is 1. The van der Waals surface area contributed by atoms with Gasteiger partial charge in [0.1, 0.15) is 17.5 Å². The Hall–Kier alpha value is -3.58. The lowest BCUT2D eigenvalue weighted by molar-refractivity contribution is -0.160. The highest BCUT2D eigenvalue weighted by atomic mass is 19.4. The molecule has 0 bridgehead atoms. The predicted octanol–water partition coefficient (Wildman–Crippen LogP) is 6.29. The standard InChI is InChI=1S/C28H30F4N4O2/c1-27(2,3)38-26(37)35-11-9-21(10-12-35)34-25(28(30,31)32)23-17-36(16-19-5-4-6-20(29)13-19)24-14-18(15-33)7-8-22(23)24/h4-8,13-14,17,21,25,34H,9-12,16H2,1-3H3. The molecular weight excluding hydrogens is 500 g/mol. The number of halogens is 4. The Morgan fingerprint density at radius 1 is 1.16 bits per heavy atom. The first-order chi connectivity index (χ1) is 17.8. The smallest absolute Gasteiger partial charge is 0.410 e. The van der Waals surface area contributed by atoms with E-state index in [1.807, 2.05) is 6.07 Å². The summed E-state index contributed by atoms with van der Waals surface area (Å²) < 4.78 is 64.1. The maximum absolute atomic E-state index is 14.5. The largest absolute Gasteiger partial charge is 0.444 e. The van der Waals surface area contributed by atoms with Crippen molar-refractivity contribution in [2.45, 2.75) is 64.0 Å². The van der Waals surface area contributed by atoms with Gasteiger partial charge >= 0.3 is 12.3 Å². The number of piperidine rings is 1. The summed E-state index contributed by atoms with van der Waals surface area (Å²) in [5, 5.41) is 12.5. The van der Waals surface area contributed by atoms with E-state index in [2.05, 4.69) is 5.32 Å². The molecule has 38 heavy (non-hydrogen) atoms. The summed E-state index contributed by atoms with van der Waals surface area (Å²) in [5.41, 5.74) is 0.733. The molecule has 1 aromatic heterocycles. The van der Waals surface area contributed by atoms with Gasteiger partial charge in [0.2, 0.25) is 0 Å². The highest BCUT2D eigenvalue weighted by Gasteiger charge is 2.44. The topological polar surface area (TPSA) is 70.3 Å². The number of nitriles is 1. The maximum Gasteiger partial charge on any atom is 0.410 e. The van der Waals surface area contributed by atoms with Crippen molar-refractivity contribution < 1.29 is 27.1 Å². The van der Waals surface area contributed by atoms with Gasteiger partial charge in [-0.05, 0) is 63.4 Å². The van der Waals surface area contributed by atoms with E-state index in [0.29, 0.717) is 34.9 Å². The zero-order chi connectivity index (χ0) is 27.7. The van der Waals surface area contributed by atoms with Crippen molar-refractivity contribution in [1.29, 1.82) is 5.26 Å². The number of amides is 1. The number of hydrogen-bond acceptors (Lipinski definition) is 4. The molecule has 1 atom stereocenters. The molecule has 0 saturated carbocycles. The molecule has 1 unspecified atom stereocenters. The molecular formula is C28H30F4N4O2. The minimum absolute atomic E-state index is 0.0305. The zero-order valence-electron chi connectivity index (χ0n) is 21.5. The highest BCUT2D eigenvalue weighted by molar-refractivity contribution is 5.86. The molecule has 1 N–H and O–H groups in total. The fraction of sp³-hybridized carbons (Fsp3) is 0.429. The van der Waals surface area contributed by atoms with Crippen LogP contribution in [0.3, 0.4) is 0 Å². The lowest BCUT2D eigenvalue weighted by Crippen LogP contribution is -2.49. The van der Waals surface area contributed by atoms with Crippen molar-refractivity contribution in [2.75, 3.05) is 13.1 Å². The van der Waals surface area contributed by atoms with Crippen LogP contribution in [-0.4, -0.2) is 46.5 Å². The van der Waals surface area contributed by atoms with Crippen LogP contribution in [0.15, 0.2) is 48.7 Å². The van der Waals surface area contributed by atoms with E-state index in [1.54, 1.807) is 43.5 Å². The molecule has 1 aliphatic rings. The van der Waals surface area contributed by atoms with Crippen LogP contribution in [0.4, 0.5) is 22.4 Å². The minimum atomic E-state index is -4.60. The van der Waals surface area contributed by atoms with Crippen LogP contribution in [-0.2, 0) is 11.3 Å². The second-order valence-electron chi connectivity index (χ2n) is 10.6. The van der Waals surface area contributed by atoms with Gasteiger partial charge in [-0.15, -0.1) is 0 Å². The van der Waals surface area contributed by atoms with E-state index in [4.69, 9.17) is 4.74 Å². The molecule has 1 saturated heterocycles. The number of nitrogens with one attached hydrogen (secondary N) is 1. The summed E-state index contributed by atoms with van der Waals surface area (Å²) in [6, 6.07) is 10.0. The van der Waals surface area contributed by atoms with Gasteiger partial charge in [-0.3, -0.25) is 5.32 Å². The SMILES string of the molecule is CC(C)(C)OC(=O)N1CCC(NC(c2cn(Cc3cccc(F)c3)c3cc(C#N)ccc23)C(F)(F)F)CC1. The minimum Gasteiger partial charge on any atom is -0.444 e. The van der Waals surface area contributed by atoms with Gasteiger partial charge in [-0.2, -0.15) is 18.4 Å². The van der Waals surface area contributed by atoms with E-state index in [-0.39, 0.29) is 25.2 Å². The number of alkyl halides is 3. The molecule has 1 aliphatic heterocycles. The van der Waals surface area contributed by atoms with Crippen LogP contribution in [0.25, 0.3) is 10.9 Å². The summed E-state index contributed by atoms with van der Waals surface area (Å²) in [7, 11) is 0. The fourth-order valence-corrected chi connectivity index (χ4v) is 4.73. The fourth-order valence-electron chi connectivity index (χ4n) is 4.73. The predicted molar refractivity (Wildman–Crippen MR) is 135 cm³/mol. The molecule has 2 heterocycles. The van der Waals surface area contributed by atoms with Gasteiger partial charge in [0.15, 0.2) is 0 Å². The number of fused-ring (bicyclic) bond motifs is 1. The van der Waals surface area contributed by atoms with Crippen molar-refractivity contribution in [2.24, 2.45) is 0 Å². The van der Waals surface area contributed by atoms with E-state index < -0.39 is 35.8 Å². The van der Waals surface area contributed by atoms with Gasteiger partial charge in [0, 0.05) is 48.3 Å². The molecule has 2 aromatic carbocycles. The number of benzene rings is 2. The normalized spacial score (nSPS) is 15.9. The van der Waals surface area contributed by atoms with Crippen molar-refractivity contribution >= 4 is 17.0 Å². The lowest BCUT2D eigenvalue weighted by atomic mass is 9.99. The van der Waals surface area contributed by atoms with Crippen LogP contribution in [0.5, 0.6) is 0 Å². The Labute approximate surface area is 218 Å². The number of rotatable bonds is 5. The lowest BCUT2D eigenvalue weighted by Gasteiger charge is -2.35. The average Bonchev–Trinajstić information content (AvgIpc) is 3.18. The summed E-state index contributed by atoms with van der Waals surface area (Å²) in [5.74, 6) is -0.440. The molecule has 3 aromatic rings. The molecule has 202 valence electrons. The van der Waals surface area contributed by atoms with Crippen LogP contribution in [0.2, 0.25) is 0 Å². The van der Waals surface area contributed by atoms with Gasteiger partial charge in [0.25, 0.3) is 0 Å². The first-order valence-corrected chi connectivity index (χ1v) is 12.4. The first kappa shape index (κ1) is 27.5. The van der Waals surface area contributed by atoms with Gasteiger partial charge < -0.3 is 14.2 Å². The molecule has 0 aliphatic carbocycles. The van der Waals surface area contributed by atoms with E-state index in [1.165, 1.54) is 35.4 Å². The summed E-state index contributed by atoms with van der Waals surface area (Å²) >= 11 is 0. The molecule has 4 rings (SSSR count). The summed E-state index contributed by atoms with van der Waals surface area (Å²) in [6.45, 7) is 5.99. The monoisotopic (exact) mass is 530 g/mol. The van der Waals surface area contributed by atoms with E-state index in [0.717, 1.165) is 0 Å². The molecule has 0 spiro atoms. The van der Waals surface area contributed by atoms with Crippen molar-refractivity contribution in [3.05, 3.63) is 71.2 Å². The van der Waals surface area contributed by atoms with Crippen LogP contribution >= 0.6 is 0 Å². The number of carbonyl (C=O) groups is 1. The third-order valence-electron chi connectivity index (χ3n) is 6.47. The third-order valence-corrected chi connectivity index (χ3v) is 6.47. The van der Waals surface area contributed by atoms with Crippen LogP contribution in [0, 0.1) is 17.1 Å². The molecule has 6 nitrogen and oxygen atoms in total. The Morgan fingerprint density at radius 3 is 2.47 bits per heavy atom. The molecule has 1 fully saturated rings. The van der Waals surface area contributed by atoms with Crippen LogP contribution < -0.4 is 5.32 Å². The van der Waals surface area contributed by atoms with Crippen LogP contribution in [0.1, 0.15) is 56.3 Å². The number of nitrogens with zero attached hydrogens (tertiary/aromatic N) is 3. The Kier molecular flexibility index (Phi) is 7.70. The average molecular weight is 531 g/mol. The number of carbonyl (C=O) groups excluding carboxylic acids is 1. The quantitative estimate of drug-likeness (QED) is 0.394. The molecule has 10 heteroatoms. The Bertz CT molecular complexity index is 1350. The zero-order valence-corrected chi connectivity index (χ0v) is 21.5. The Morgan fingerprint density at radius 2 is 1.87 bits per heavy atom. The third kappa shape index (κ3) is 6.45. The van der Waals surface area contributed by atoms with Gasteiger partial charge in [-0.25, -0.2) is 9.18 Å². The first-order valence-electron chi connectivity index (χ1n) is 12.4.